The van der Waals surface area contributed by atoms with Gasteiger partial charge in [0.15, 0.2) is 0 Å². The van der Waals surface area contributed by atoms with E-state index < -0.39 is 21.7 Å². The quantitative estimate of drug-likeness (QED) is 0.0537. The van der Waals surface area contributed by atoms with Crippen LogP contribution in [0.4, 0.5) is 41.2 Å². The van der Waals surface area contributed by atoms with E-state index in [-0.39, 0.29) is 53.4 Å². The average Bonchev–Trinajstić information content (AvgIpc) is 1.60. The molecule has 22 nitrogen and oxygen atoms in total. The molecular formula is C75H72F4N16O6S. The summed E-state index contributed by atoms with van der Waals surface area (Å²) in [6, 6.07) is 28.7. The van der Waals surface area contributed by atoms with Crippen LogP contribution in [-0.4, -0.2) is 140 Å². The summed E-state index contributed by atoms with van der Waals surface area (Å²) in [6.07, 6.45) is 13.3. The number of fused-ring (bicyclic) bond motifs is 6. The molecule has 0 radical (unpaired) electrons. The first-order chi connectivity index (χ1) is 49.1. The van der Waals surface area contributed by atoms with Crippen LogP contribution in [-0.2, 0) is 55.3 Å². The maximum atomic E-state index is 14.7. The van der Waals surface area contributed by atoms with Crippen molar-refractivity contribution in [3.8, 4) is 50.6 Å². The minimum Gasteiger partial charge on any atom is -0.493 e. The molecule has 15 rings (SSSR count). The summed E-state index contributed by atoms with van der Waals surface area (Å²) in [5, 5.41) is 9.69. The monoisotopic (exact) mass is 1400 g/mol. The van der Waals surface area contributed by atoms with Gasteiger partial charge in [-0.1, -0.05) is 54.0 Å². The molecule has 9 heterocycles. The molecule has 102 heavy (non-hydrogen) atoms. The van der Waals surface area contributed by atoms with E-state index in [2.05, 4.69) is 81.8 Å². The minimum absolute atomic E-state index is 0.00284. The van der Waals surface area contributed by atoms with Gasteiger partial charge in [-0.05, 0) is 117 Å². The number of nitrogens with one attached hydrogen (secondary N) is 3. The van der Waals surface area contributed by atoms with Crippen LogP contribution in [0.25, 0.3) is 55.2 Å². The van der Waals surface area contributed by atoms with Gasteiger partial charge < -0.3 is 44.8 Å². The van der Waals surface area contributed by atoms with Gasteiger partial charge in [-0.2, -0.15) is 0 Å². The number of hydrogen-bond acceptors (Lipinski definition) is 16. The zero-order valence-corrected chi connectivity index (χ0v) is 58.1. The van der Waals surface area contributed by atoms with E-state index in [9.17, 15) is 30.8 Å². The Bertz CT molecular complexity index is 5380. The lowest BCUT2D eigenvalue weighted by molar-refractivity contribution is 0.0823. The lowest BCUT2D eigenvalue weighted by atomic mass is 10.0. The van der Waals surface area contributed by atoms with Crippen molar-refractivity contribution in [2.75, 3.05) is 84.6 Å². The number of nitrogens with zero attached hydrogens (tertiary/aromatic N) is 13. The number of amides is 1. The number of imidazole rings is 3. The Balaban J connectivity index is 0.000000137. The number of rotatable bonds is 18. The number of aromatic nitrogens is 9. The van der Waals surface area contributed by atoms with Gasteiger partial charge in [-0.3, -0.25) is 18.0 Å². The van der Waals surface area contributed by atoms with Crippen LogP contribution in [0.5, 0.6) is 17.2 Å². The number of hydrogen-bond donors (Lipinski definition) is 3. The van der Waals surface area contributed by atoms with Crippen LogP contribution in [0.3, 0.4) is 0 Å². The van der Waals surface area contributed by atoms with Gasteiger partial charge in [-0.15, -0.1) is 0 Å². The summed E-state index contributed by atoms with van der Waals surface area (Å²) in [5.74, 6) is 2.09. The highest BCUT2D eigenvalue weighted by molar-refractivity contribution is 7.89. The number of halogens is 4. The molecule has 0 bridgehead atoms. The Morgan fingerprint density at radius 3 is 1.43 bits per heavy atom. The fourth-order valence-corrected chi connectivity index (χ4v) is 13.5. The number of ether oxygens (including phenoxy) is 3. The fourth-order valence-electron chi connectivity index (χ4n) is 12.6. The van der Waals surface area contributed by atoms with E-state index in [4.69, 9.17) is 20.8 Å². The second-order valence-corrected chi connectivity index (χ2v) is 27.5. The highest BCUT2D eigenvalue weighted by Gasteiger charge is 2.26. The SMILES string of the molecule is Cc1cn2c(NCc3c(F)ccc4c3CCO4)ncc(-c3ccc(C(=O)N(C)C)c(F)c3)c2n1.Cc1cn2c(NCc3c(F)ccc4c3CCO4)ncc(-c3ccc(S(=O)(=O)N(C)C)cc3)c2n1.[C-]#[N+]c1cn2c(NCc3c(F)ccc4c3CCO4)ncc(-c3cccc(CCN(C)C)c3)c2n1. The lowest BCUT2D eigenvalue weighted by Crippen LogP contribution is -2.22. The molecule has 0 unspecified atom stereocenters. The van der Waals surface area contributed by atoms with Gasteiger partial charge in [-0.25, -0.2) is 55.2 Å². The van der Waals surface area contributed by atoms with Crippen molar-refractivity contribution in [3.05, 3.63) is 231 Å². The number of carbonyl (C=O) groups is 1. The predicted molar refractivity (Wildman–Crippen MR) is 381 cm³/mol. The Hall–Kier alpha value is -11.5. The van der Waals surface area contributed by atoms with Gasteiger partial charge in [0, 0.05) is 155 Å². The Labute approximate surface area is 586 Å². The predicted octanol–water partition coefficient (Wildman–Crippen LogP) is 12.6. The van der Waals surface area contributed by atoms with E-state index >= 15 is 0 Å². The van der Waals surface area contributed by atoms with Gasteiger partial charge >= 0.3 is 0 Å². The largest absolute Gasteiger partial charge is 0.493 e. The molecular weight excluding hydrogens is 1330 g/mol. The molecule has 12 aromatic rings. The molecule has 6 aromatic heterocycles. The van der Waals surface area contributed by atoms with Crippen LogP contribution < -0.4 is 30.2 Å². The van der Waals surface area contributed by atoms with Crippen LogP contribution in [0.15, 0.2) is 145 Å². The Morgan fingerprint density at radius 2 is 0.990 bits per heavy atom. The number of sulfonamides is 1. The van der Waals surface area contributed by atoms with Crippen molar-refractivity contribution in [3.63, 3.8) is 0 Å². The summed E-state index contributed by atoms with van der Waals surface area (Å²) in [4.78, 5) is 46.8. The third-order valence-corrected chi connectivity index (χ3v) is 19.7. The van der Waals surface area contributed by atoms with Crippen molar-refractivity contribution in [1.29, 1.82) is 0 Å². The van der Waals surface area contributed by atoms with Gasteiger partial charge in [0.1, 0.15) is 51.8 Å². The number of benzene rings is 6. The molecule has 0 aliphatic carbocycles. The van der Waals surface area contributed by atoms with Crippen molar-refractivity contribution in [2.45, 2.75) is 64.1 Å². The third-order valence-electron chi connectivity index (χ3n) is 17.9. The molecule has 0 spiro atoms. The minimum atomic E-state index is -3.52. The molecule has 3 aliphatic rings. The standard InChI is InChI=1S/C26H25FN6O.C25H23F2N5O2.C24H24FN5O3S/c1-28-24-16-33-25(31-24)20(18-6-4-5-17(13-18)9-11-32(2)3)14-29-26(33)30-15-21-19-10-12-34-23(19)8-7-22(21)27;1-14-13-32-23(30-14)18(15-4-5-17(21(27)10-15)24(33)31(2)3)11-28-25(32)29-12-19-16-8-9-34-22(16)7-6-20(19)26;1-15-14-30-23(28-15)19(16-4-6-17(7-5-16)34(31,32)29(2)3)12-26-24(30)27-13-20-18-10-11-33-22(18)9-8-21(20)25/h4-8,13-14,16H,9-12,15H2,2-3H3,(H,29,30);4-7,10-11,13H,8-9,12H2,1-3H3,(H,28,29);4-9,12,14H,10-11,13H2,1-3H3,(H,26,27). The summed E-state index contributed by atoms with van der Waals surface area (Å²) >= 11 is 0. The topological polar surface area (TPSA) is 220 Å². The van der Waals surface area contributed by atoms with Gasteiger partial charge in [0.2, 0.25) is 33.5 Å². The molecule has 0 saturated carbocycles. The van der Waals surface area contributed by atoms with Crippen LogP contribution in [0.1, 0.15) is 60.7 Å². The second kappa shape index (κ2) is 29.0. The van der Waals surface area contributed by atoms with Gasteiger partial charge in [0.05, 0.1) is 47.2 Å². The maximum absolute atomic E-state index is 14.7. The Kier molecular flexibility index (Phi) is 19.6. The summed E-state index contributed by atoms with van der Waals surface area (Å²) in [6.45, 7) is 14.5. The number of aryl methyl sites for hydroxylation is 2. The molecule has 0 fully saturated rings. The number of likely N-dealkylation sites (N-methyl/N-ethyl adjacent to an activating group) is 1. The molecule has 1 amide bonds. The first kappa shape index (κ1) is 69.0. The van der Waals surface area contributed by atoms with Crippen molar-refractivity contribution in [2.24, 2.45) is 0 Å². The molecule has 522 valence electrons. The molecule has 0 saturated heterocycles. The summed E-state index contributed by atoms with van der Waals surface area (Å²) < 4.78 is 106. The maximum Gasteiger partial charge on any atom is 0.288 e. The fraction of sp³-hybridized carbons (Fsp3) is 0.253. The van der Waals surface area contributed by atoms with E-state index in [0.29, 0.717) is 107 Å². The van der Waals surface area contributed by atoms with Crippen LogP contribution in [0.2, 0.25) is 0 Å². The highest BCUT2D eigenvalue weighted by atomic mass is 32.2. The van der Waals surface area contributed by atoms with Crippen LogP contribution >= 0.6 is 0 Å². The van der Waals surface area contributed by atoms with E-state index in [1.807, 2.05) is 42.8 Å². The van der Waals surface area contributed by atoms with E-state index in [1.165, 1.54) is 59.2 Å². The molecule has 3 aliphatic heterocycles. The average molecular weight is 1400 g/mol. The zero-order valence-electron chi connectivity index (χ0n) is 57.2. The highest BCUT2D eigenvalue weighted by Crippen LogP contribution is 2.37. The van der Waals surface area contributed by atoms with Gasteiger partial charge in [0.25, 0.3) is 11.7 Å². The smallest absolute Gasteiger partial charge is 0.288 e. The molecule has 6 aromatic carbocycles. The molecule has 27 heteroatoms. The van der Waals surface area contributed by atoms with E-state index in [0.717, 1.165) is 74.8 Å². The number of carbonyl (C=O) groups excluding carboxylic acids is 1. The normalized spacial score (nSPS) is 12.8. The molecule has 0 atom stereocenters. The summed E-state index contributed by atoms with van der Waals surface area (Å²) in [5.41, 5.74) is 13.5. The lowest BCUT2D eigenvalue weighted by Gasteiger charge is -2.14. The second-order valence-electron chi connectivity index (χ2n) is 25.4. The van der Waals surface area contributed by atoms with Crippen molar-refractivity contribution < 1.29 is 45.0 Å². The Morgan fingerprint density at radius 1 is 0.549 bits per heavy atom. The molecule has 3 N–H and O–H groups in total. The number of anilines is 3. The van der Waals surface area contributed by atoms with Crippen LogP contribution in [0, 0.1) is 43.7 Å². The zero-order chi connectivity index (χ0) is 71.7. The first-order valence-corrected chi connectivity index (χ1v) is 34.3. The van der Waals surface area contributed by atoms with Crippen molar-refractivity contribution >= 4 is 56.5 Å². The summed E-state index contributed by atoms with van der Waals surface area (Å²) in [7, 11) is 6.74. The van der Waals surface area contributed by atoms with E-state index in [1.54, 1.807) is 96.2 Å². The first-order valence-electron chi connectivity index (χ1n) is 32.9. The third kappa shape index (κ3) is 14.1. The van der Waals surface area contributed by atoms with Crippen molar-refractivity contribution in [1.82, 2.24) is 57.2 Å².